The van der Waals surface area contributed by atoms with Crippen LogP contribution >= 0.6 is 0 Å². The van der Waals surface area contributed by atoms with Crippen molar-refractivity contribution in [3.8, 4) is 0 Å². The fraction of sp³-hybridized carbons (Fsp3) is 0.684. The van der Waals surface area contributed by atoms with Crippen LogP contribution in [0.25, 0.3) is 0 Å². The van der Waals surface area contributed by atoms with E-state index in [0.717, 1.165) is 57.2 Å². The molecule has 1 aromatic heterocycles. The fourth-order valence-corrected chi connectivity index (χ4v) is 2.87. The summed E-state index contributed by atoms with van der Waals surface area (Å²) in [7, 11) is 1.77. The Morgan fingerprint density at radius 1 is 1.35 bits per heavy atom. The molecule has 0 radical (unpaired) electrons. The minimum atomic E-state index is -0.441. The van der Waals surface area contributed by atoms with Gasteiger partial charge in [-0.2, -0.15) is 0 Å². The summed E-state index contributed by atoms with van der Waals surface area (Å²) < 4.78 is 10.8. The molecule has 0 unspecified atom stereocenters. The Bertz CT molecular complexity index is 570. The van der Waals surface area contributed by atoms with Crippen LogP contribution in [0.2, 0.25) is 0 Å². The fourth-order valence-electron chi connectivity index (χ4n) is 2.87. The zero-order valence-electron chi connectivity index (χ0n) is 16.4. The predicted octanol–water partition coefficient (Wildman–Crippen LogP) is 2.63. The van der Waals surface area contributed by atoms with Crippen LogP contribution in [0.4, 0.5) is 4.79 Å². The molecule has 1 saturated heterocycles. The maximum atomic E-state index is 12.1. The van der Waals surface area contributed by atoms with Crippen LogP contribution in [0.15, 0.2) is 27.8 Å². The van der Waals surface area contributed by atoms with Gasteiger partial charge in [0.2, 0.25) is 0 Å². The van der Waals surface area contributed by atoms with Crippen molar-refractivity contribution >= 4 is 12.1 Å². The van der Waals surface area contributed by atoms with E-state index in [4.69, 9.17) is 9.15 Å². The summed E-state index contributed by atoms with van der Waals surface area (Å²) in [5.41, 5.74) is -0.441. The summed E-state index contributed by atoms with van der Waals surface area (Å²) >= 11 is 0. The van der Waals surface area contributed by atoms with Crippen molar-refractivity contribution in [2.24, 2.45) is 10.9 Å². The second kappa shape index (κ2) is 9.50. The van der Waals surface area contributed by atoms with Crippen LogP contribution in [0, 0.1) is 5.92 Å². The van der Waals surface area contributed by atoms with Gasteiger partial charge >= 0.3 is 6.09 Å². The van der Waals surface area contributed by atoms with Crippen molar-refractivity contribution in [3.05, 3.63) is 24.2 Å². The number of hydrogen-bond donors (Lipinski definition) is 2. The summed E-state index contributed by atoms with van der Waals surface area (Å²) in [6.07, 6.45) is 4.23. The number of piperidine rings is 1. The lowest BCUT2D eigenvalue weighted by atomic mass is 9.97. The third kappa shape index (κ3) is 6.98. The van der Waals surface area contributed by atoms with Crippen LogP contribution in [-0.2, 0) is 11.2 Å². The predicted molar refractivity (Wildman–Crippen MR) is 102 cm³/mol. The Hall–Kier alpha value is -2.18. The second-order valence-electron chi connectivity index (χ2n) is 7.62. The number of nitrogens with zero attached hydrogens (tertiary/aromatic N) is 2. The monoisotopic (exact) mass is 364 g/mol. The SMILES string of the molecule is CN=C(NCCc1ccco1)NCC1CCN(C(=O)OC(C)(C)C)CC1. The van der Waals surface area contributed by atoms with Crippen molar-refractivity contribution < 1.29 is 13.9 Å². The highest BCUT2D eigenvalue weighted by atomic mass is 16.6. The molecule has 7 nitrogen and oxygen atoms in total. The first-order valence-corrected chi connectivity index (χ1v) is 9.32. The molecule has 0 saturated carbocycles. The van der Waals surface area contributed by atoms with E-state index in [1.165, 1.54) is 0 Å². The van der Waals surface area contributed by atoms with Gasteiger partial charge in [0.1, 0.15) is 11.4 Å². The minimum absolute atomic E-state index is 0.209. The first-order chi connectivity index (χ1) is 12.4. The van der Waals surface area contributed by atoms with Crippen LogP contribution in [0.3, 0.4) is 0 Å². The van der Waals surface area contributed by atoms with Gasteiger partial charge in [-0.05, 0) is 51.7 Å². The van der Waals surface area contributed by atoms with Crippen molar-refractivity contribution in [3.63, 3.8) is 0 Å². The van der Waals surface area contributed by atoms with E-state index in [2.05, 4.69) is 15.6 Å². The Morgan fingerprint density at radius 3 is 2.65 bits per heavy atom. The number of rotatable bonds is 5. The van der Waals surface area contributed by atoms with E-state index in [9.17, 15) is 4.79 Å². The Morgan fingerprint density at radius 2 is 2.08 bits per heavy atom. The molecule has 0 aliphatic carbocycles. The lowest BCUT2D eigenvalue weighted by molar-refractivity contribution is 0.0185. The van der Waals surface area contributed by atoms with Crippen molar-refractivity contribution in [2.75, 3.05) is 33.2 Å². The molecular formula is C19H32N4O3. The molecule has 0 aromatic carbocycles. The quantitative estimate of drug-likeness (QED) is 0.620. The number of likely N-dealkylation sites (tertiary alicyclic amines) is 1. The molecule has 7 heteroatoms. The molecular weight excluding hydrogens is 332 g/mol. The van der Waals surface area contributed by atoms with Crippen LogP contribution in [0.1, 0.15) is 39.4 Å². The van der Waals surface area contributed by atoms with Gasteiger partial charge < -0.3 is 24.7 Å². The van der Waals surface area contributed by atoms with Crippen molar-refractivity contribution in [1.29, 1.82) is 0 Å². The number of hydrogen-bond acceptors (Lipinski definition) is 4. The molecule has 0 bridgehead atoms. The minimum Gasteiger partial charge on any atom is -0.469 e. The molecule has 26 heavy (non-hydrogen) atoms. The Balaban J connectivity index is 1.64. The lowest BCUT2D eigenvalue weighted by Crippen LogP contribution is -2.45. The molecule has 0 spiro atoms. The normalized spacial score (nSPS) is 16.5. The highest BCUT2D eigenvalue weighted by molar-refractivity contribution is 5.79. The first kappa shape index (κ1) is 20.1. The maximum Gasteiger partial charge on any atom is 0.410 e. The average Bonchev–Trinajstić information content (AvgIpc) is 3.10. The highest BCUT2D eigenvalue weighted by Gasteiger charge is 2.26. The topological polar surface area (TPSA) is 79.1 Å². The number of amides is 1. The summed E-state index contributed by atoms with van der Waals surface area (Å²) in [6, 6.07) is 3.86. The van der Waals surface area contributed by atoms with Gasteiger partial charge in [-0.25, -0.2) is 4.79 Å². The molecule has 146 valence electrons. The number of ether oxygens (including phenoxy) is 1. The molecule has 1 fully saturated rings. The largest absolute Gasteiger partial charge is 0.469 e. The van der Waals surface area contributed by atoms with Crippen molar-refractivity contribution in [2.45, 2.75) is 45.6 Å². The maximum absolute atomic E-state index is 12.1. The van der Waals surface area contributed by atoms with E-state index in [-0.39, 0.29) is 6.09 Å². The zero-order valence-corrected chi connectivity index (χ0v) is 16.4. The van der Waals surface area contributed by atoms with Crippen molar-refractivity contribution in [1.82, 2.24) is 15.5 Å². The number of aliphatic imine (C=N–C) groups is 1. The molecule has 0 atom stereocenters. The van der Waals surface area contributed by atoms with Gasteiger partial charge in [0, 0.05) is 39.6 Å². The lowest BCUT2D eigenvalue weighted by Gasteiger charge is -2.33. The molecule has 1 aliphatic rings. The van der Waals surface area contributed by atoms with Gasteiger partial charge in [-0.15, -0.1) is 0 Å². The number of carbonyl (C=O) groups is 1. The van der Waals surface area contributed by atoms with Gasteiger partial charge in [0.15, 0.2) is 5.96 Å². The Labute approximate surface area is 156 Å². The van der Waals surface area contributed by atoms with Crippen LogP contribution in [0.5, 0.6) is 0 Å². The number of carbonyl (C=O) groups excluding carboxylic acids is 1. The van der Waals surface area contributed by atoms with E-state index >= 15 is 0 Å². The summed E-state index contributed by atoms with van der Waals surface area (Å²) in [5, 5.41) is 6.67. The zero-order chi connectivity index (χ0) is 19.0. The van der Waals surface area contributed by atoms with Gasteiger partial charge in [-0.3, -0.25) is 4.99 Å². The van der Waals surface area contributed by atoms with Gasteiger partial charge in [0.05, 0.1) is 6.26 Å². The summed E-state index contributed by atoms with van der Waals surface area (Å²) in [6.45, 7) is 8.79. The smallest absolute Gasteiger partial charge is 0.410 e. The third-order valence-electron chi connectivity index (χ3n) is 4.29. The average molecular weight is 364 g/mol. The van der Waals surface area contributed by atoms with Crippen LogP contribution < -0.4 is 10.6 Å². The number of furan rings is 1. The van der Waals surface area contributed by atoms with Gasteiger partial charge in [-0.1, -0.05) is 0 Å². The standard InChI is InChI=1S/C19H32N4O3/c1-19(2,3)26-18(24)23-11-8-15(9-12-23)14-22-17(20-4)21-10-7-16-6-5-13-25-16/h5-6,13,15H,7-12,14H2,1-4H3,(H2,20,21,22). The van der Waals surface area contributed by atoms with Crippen LogP contribution in [-0.4, -0.2) is 55.8 Å². The van der Waals surface area contributed by atoms with E-state index < -0.39 is 5.60 Å². The first-order valence-electron chi connectivity index (χ1n) is 9.32. The molecule has 1 aromatic rings. The number of guanidine groups is 1. The van der Waals surface area contributed by atoms with E-state index in [0.29, 0.717) is 5.92 Å². The number of nitrogens with one attached hydrogen (secondary N) is 2. The molecule has 2 rings (SSSR count). The Kier molecular flexibility index (Phi) is 7.36. The highest BCUT2D eigenvalue weighted by Crippen LogP contribution is 2.19. The second-order valence-corrected chi connectivity index (χ2v) is 7.62. The van der Waals surface area contributed by atoms with Gasteiger partial charge in [0.25, 0.3) is 0 Å². The van der Waals surface area contributed by atoms with E-state index in [1.807, 2.05) is 32.9 Å². The molecule has 2 heterocycles. The van der Waals surface area contributed by atoms with E-state index in [1.54, 1.807) is 18.2 Å². The summed E-state index contributed by atoms with van der Waals surface area (Å²) in [5.74, 6) is 2.28. The molecule has 2 N–H and O–H groups in total. The summed E-state index contributed by atoms with van der Waals surface area (Å²) in [4.78, 5) is 18.2. The molecule has 1 amide bonds. The molecule has 1 aliphatic heterocycles. The third-order valence-corrected chi connectivity index (χ3v) is 4.29.